The van der Waals surface area contributed by atoms with E-state index >= 15 is 0 Å². The normalized spacial score (nSPS) is 20.4. The first-order valence-corrected chi connectivity index (χ1v) is 7.46. The average molecular weight is 239 g/mol. The number of rotatable bonds is 5. The highest BCUT2D eigenvalue weighted by atomic mass is 32.2. The standard InChI is InChI=1S/C12H17NO2S/c14-16(15,10-12-6-8-13-12)9-7-11-4-2-1-3-5-11/h1-5,12-13H,6-10H2. The SMILES string of the molecule is O=S(=O)(CCc1ccccc1)CC1CCN1. The van der Waals surface area contributed by atoms with E-state index in [0.29, 0.717) is 12.2 Å². The van der Waals surface area contributed by atoms with Crippen molar-refractivity contribution in [2.45, 2.75) is 18.9 Å². The lowest BCUT2D eigenvalue weighted by Crippen LogP contribution is -2.47. The van der Waals surface area contributed by atoms with Crippen molar-refractivity contribution < 1.29 is 8.42 Å². The third-order valence-corrected chi connectivity index (χ3v) is 4.66. The van der Waals surface area contributed by atoms with Crippen molar-refractivity contribution in [3.63, 3.8) is 0 Å². The van der Waals surface area contributed by atoms with Crippen LogP contribution in [-0.2, 0) is 16.3 Å². The van der Waals surface area contributed by atoms with Crippen LogP contribution < -0.4 is 5.32 Å². The number of hydrogen-bond acceptors (Lipinski definition) is 3. The molecule has 1 unspecified atom stereocenters. The Morgan fingerprint density at radius 1 is 1.25 bits per heavy atom. The van der Waals surface area contributed by atoms with Crippen LogP contribution in [0.4, 0.5) is 0 Å². The maximum Gasteiger partial charge on any atom is 0.152 e. The van der Waals surface area contributed by atoms with Crippen LogP contribution in [0.1, 0.15) is 12.0 Å². The van der Waals surface area contributed by atoms with Crippen molar-refractivity contribution in [3.8, 4) is 0 Å². The van der Waals surface area contributed by atoms with Crippen LogP contribution in [0, 0.1) is 0 Å². The van der Waals surface area contributed by atoms with Crippen LogP contribution in [0.15, 0.2) is 30.3 Å². The molecule has 1 saturated heterocycles. The fourth-order valence-corrected chi connectivity index (χ4v) is 3.41. The van der Waals surface area contributed by atoms with Gasteiger partial charge in [0.1, 0.15) is 0 Å². The van der Waals surface area contributed by atoms with Gasteiger partial charge in [-0.25, -0.2) is 8.42 Å². The van der Waals surface area contributed by atoms with E-state index in [4.69, 9.17) is 0 Å². The van der Waals surface area contributed by atoms with E-state index < -0.39 is 9.84 Å². The van der Waals surface area contributed by atoms with Crippen LogP contribution in [0.5, 0.6) is 0 Å². The zero-order chi connectivity index (χ0) is 11.4. The Labute approximate surface area is 96.8 Å². The van der Waals surface area contributed by atoms with Crippen LogP contribution in [0.25, 0.3) is 0 Å². The lowest BCUT2D eigenvalue weighted by molar-refractivity contribution is 0.399. The second-order valence-corrected chi connectivity index (χ2v) is 6.52. The lowest BCUT2D eigenvalue weighted by atomic mass is 10.1. The summed E-state index contributed by atoms with van der Waals surface area (Å²) in [5.41, 5.74) is 1.09. The highest BCUT2D eigenvalue weighted by Gasteiger charge is 2.23. The molecule has 1 aliphatic heterocycles. The number of aryl methyl sites for hydroxylation is 1. The van der Waals surface area contributed by atoms with Gasteiger partial charge in [-0.1, -0.05) is 30.3 Å². The van der Waals surface area contributed by atoms with Gasteiger partial charge < -0.3 is 5.32 Å². The van der Waals surface area contributed by atoms with Crippen molar-refractivity contribution in [2.75, 3.05) is 18.1 Å². The van der Waals surface area contributed by atoms with E-state index in [9.17, 15) is 8.42 Å². The molecule has 0 aromatic heterocycles. The van der Waals surface area contributed by atoms with Crippen molar-refractivity contribution in [2.24, 2.45) is 0 Å². The smallest absolute Gasteiger partial charge is 0.152 e. The number of sulfone groups is 1. The average Bonchev–Trinajstić information content (AvgIpc) is 2.23. The van der Waals surface area contributed by atoms with E-state index in [1.54, 1.807) is 0 Å². The quantitative estimate of drug-likeness (QED) is 0.834. The Hall–Kier alpha value is -0.870. The van der Waals surface area contributed by atoms with Crippen molar-refractivity contribution >= 4 is 9.84 Å². The van der Waals surface area contributed by atoms with Gasteiger partial charge in [-0.3, -0.25) is 0 Å². The highest BCUT2D eigenvalue weighted by Crippen LogP contribution is 2.08. The topological polar surface area (TPSA) is 46.2 Å². The van der Waals surface area contributed by atoms with E-state index in [-0.39, 0.29) is 11.8 Å². The van der Waals surface area contributed by atoms with Crippen LogP contribution in [-0.4, -0.2) is 32.5 Å². The van der Waals surface area contributed by atoms with E-state index in [0.717, 1.165) is 18.5 Å². The summed E-state index contributed by atoms with van der Waals surface area (Å²) in [6.45, 7) is 0.957. The molecule has 4 heteroatoms. The lowest BCUT2D eigenvalue weighted by Gasteiger charge is -2.27. The second-order valence-electron chi connectivity index (χ2n) is 4.29. The fourth-order valence-electron chi connectivity index (χ4n) is 1.80. The first-order valence-electron chi connectivity index (χ1n) is 5.63. The zero-order valence-corrected chi connectivity index (χ0v) is 10.0. The minimum Gasteiger partial charge on any atom is -0.313 e. The van der Waals surface area contributed by atoms with Crippen LogP contribution in [0.2, 0.25) is 0 Å². The third kappa shape index (κ3) is 3.32. The summed E-state index contributed by atoms with van der Waals surface area (Å²) in [6.07, 6.45) is 1.61. The number of nitrogens with one attached hydrogen (secondary N) is 1. The molecule has 0 aliphatic carbocycles. The molecule has 1 aliphatic rings. The largest absolute Gasteiger partial charge is 0.313 e. The summed E-state index contributed by atoms with van der Waals surface area (Å²) in [6, 6.07) is 9.95. The molecule has 1 fully saturated rings. The molecule has 1 N–H and O–H groups in total. The van der Waals surface area contributed by atoms with Crippen molar-refractivity contribution in [3.05, 3.63) is 35.9 Å². The number of hydrogen-bond donors (Lipinski definition) is 1. The summed E-state index contributed by atoms with van der Waals surface area (Å²) in [5, 5.41) is 3.12. The van der Waals surface area contributed by atoms with Gasteiger partial charge in [0.25, 0.3) is 0 Å². The van der Waals surface area contributed by atoms with E-state index in [1.165, 1.54) is 0 Å². The Morgan fingerprint density at radius 3 is 2.50 bits per heavy atom. The molecule has 16 heavy (non-hydrogen) atoms. The van der Waals surface area contributed by atoms with Gasteiger partial charge in [-0.15, -0.1) is 0 Å². The number of benzene rings is 1. The molecule has 1 aromatic carbocycles. The molecule has 2 rings (SSSR count). The summed E-state index contributed by atoms with van der Waals surface area (Å²) >= 11 is 0. The van der Waals surface area contributed by atoms with Crippen molar-refractivity contribution in [1.29, 1.82) is 0 Å². The Bertz CT molecular complexity index is 424. The van der Waals surface area contributed by atoms with Gasteiger partial charge in [-0.2, -0.15) is 0 Å². The molecule has 1 aromatic rings. The highest BCUT2D eigenvalue weighted by molar-refractivity contribution is 7.91. The maximum absolute atomic E-state index is 11.8. The van der Waals surface area contributed by atoms with Gasteiger partial charge in [0, 0.05) is 6.04 Å². The first-order chi connectivity index (χ1) is 7.66. The Balaban J connectivity index is 1.84. The third-order valence-electron chi connectivity index (χ3n) is 2.93. The predicted molar refractivity (Wildman–Crippen MR) is 65.2 cm³/mol. The fraction of sp³-hybridized carbons (Fsp3) is 0.500. The van der Waals surface area contributed by atoms with Crippen molar-refractivity contribution in [1.82, 2.24) is 5.32 Å². The van der Waals surface area contributed by atoms with E-state index in [1.807, 2.05) is 30.3 Å². The predicted octanol–water partition coefficient (Wildman–Crippen LogP) is 1.01. The van der Waals surface area contributed by atoms with Gasteiger partial charge >= 0.3 is 0 Å². The molecule has 0 radical (unpaired) electrons. The Kier molecular flexibility index (Phi) is 3.61. The molecule has 88 valence electrons. The first kappa shape index (κ1) is 11.6. The summed E-state index contributed by atoms with van der Waals surface area (Å²) in [7, 11) is -2.90. The molecule has 0 amide bonds. The van der Waals surface area contributed by atoms with Gasteiger partial charge in [0.2, 0.25) is 0 Å². The van der Waals surface area contributed by atoms with Gasteiger partial charge in [0.05, 0.1) is 11.5 Å². The van der Waals surface area contributed by atoms with Crippen LogP contribution in [0.3, 0.4) is 0 Å². The maximum atomic E-state index is 11.8. The summed E-state index contributed by atoms with van der Waals surface area (Å²) in [4.78, 5) is 0. The Morgan fingerprint density at radius 2 is 1.94 bits per heavy atom. The summed E-state index contributed by atoms with van der Waals surface area (Å²) in [5.74, 6) is 0.551. The zero-order valence-electron chi connectivity index (χ0n) is 9.22. The molecule has 0 saturated carbocycles. The molecular weight excluding hydrogens is 222 g/mol. The van der Waals surface area contributed by atoms with E-state index in [2.05, 4.69) is 5.32 Å². The molecule has 1 atom stereocenters. The molecular formula is C12H17NO2S. The molecule has 0 bridgehead atoms. The summed E-state index contributed by atoms with van der Waals surface area (Å²) < 4.78 is 23.5. The minimum absolute atomic E-state index is 0.195. The monoisotopic (exact) mass is 239 g/mol. The van der Waals surface area contributed by atoms with Crippen LogP contribution >= 0.6 is 0 Å². The minimum atomic E-state index is -2.90. The molecule has 0 spiro atoms. The van der Waals surface area contributed by atoms with Gasteiger partial charge in [0.15, 0.2) is 9.84 Å². The molecule has 3 nitrogen and oxygen atoms in total. The molecule has 1 heterocycles. The van der Waals surface area contributed by atoms with Gasteiger partial charge in [-0.05, 0) is 24.9 Å². The second kappa shape index (κ2) is 4.97.